The van der Waals surface area contributed by atoms with Crippen LogP contribution in [0.3, 0.4) is 0 Å². The van der Waals surface area contributed by atoms with Crippen molar-refractivity contribution in [1.29, 1.82) is 0 Å². The zero-order valence-corrected chi connectivity index (χ0v) is 5.91. The first-order valence-corrected chi connectivity index (χ1v) is 3.20. The van der Waals surface area contributed by atoms with Crippen LogP contribution in [0.5, 0.6) is 0 Å². The second kappa shape index (κ2) is 3.64. The summed E-state index contributed by atoms with van der Waals surface area (Å²) in [6.07, 6.45) is -1.41. The lowest BCUT2D eigenvalue weighted by Crippen LogP contribution is -2.26. The molecule has 0 saturated heterocycles. The second-order valence-corrected chi connectivity index (χ2v) is 2.13. The lowest BCUT2D eigenvalue weighted by molar-refractivity contribution is -0.0304. The molecule has 0 nitrogen and oxygen atoms in total. The predicted molar refractivity (Wildman–Crippen MR) is 34.9 cm³/mol. The Morgan fingerprint density at radius 3 is 2.40 bits per heavy atom. The number of alkyl halides is 3. The van der Waals surface area contributed by atoms with Gasteiger partial charge in [-0.15, -0.1) is 0 Å². The van der Waals surface area contributed by atoms with Crippen LogP contribution in [0, 0.1) is 0 Å². The quantitative estimate of drug-likeness (QED) is 0.543. The first-order chi connectivity index (χ1) is 4.54. The van der Waals surface area contributed by atoms with Gasteiger partial charge in [-0.2, -0.15) is 8.78 Å². The van der Waals surface area contributed by atoms with E-state index in [1.54, 1.807) is 6.92 Å². The molecule has 10 heavy (non-hydrogen) atoms. The zero-order valence-electron chi connectivity index (χ0n) is 5.91. The molecule has 1 unspecified atom stereocenters. The molecule has 0 bridgehead atoms. The molecule has 0 aromatic heterocycles. The van der Waals surface area contributed by atoms with Crippen LogP contribution in [0.4, 0.5) is 13.2 Å². The van der Waals surface area contributed by atoms with E-state index >= 15 is 0 Å². The van der Waals surface area contributed by atoms with Gasteiger partial charge in [0.15, 0.2) is 6.17 Å². The number of halogens is 3. The minimum Gasteiger partial charge on any atom is -0.240 e. The predicted octanol–water partition coefficient (Wildman–Crippen LogP) is 2.95. The molecule has 60 valence electrons. The topological polar surface area (TPSA) is 0 Å². The van der Waals surface area contributed by atoms with Crippen LogP contribution in [-0.4, -0.2) is 12.1 Å². The molecule has 0 aromatic carbocycles. The fourth-order valence-electron chi connectivity index (χ4n) is 0.574. The van der Waals surface area contributed by atoms with Gasteiger partial charge in [-0.1, -0.05) is 19.9 Å². The van der Waals surface area contributed by atoms with Gasteiger partial charge in [0.2, 0.25) is 0 Å². The number of hydrogen-bond donors (Lipinski definition) is 0. The standard InChI is InChI=1S/C7H11F3/c1-3-5-6(8)7(9,10)4-2/h4,6H,2-3,5H2,1H3. The minimum absolute atomic E-state index is 0.112. The summed E-state index contributed by atoms with van der Waals surface area (Å²) in [6.45, 7) is 4.50. The van der Waals surface area contributed by atoms with E-state index in [2.05, 4.69) is 6.58 Å². The van der Waals surface area contributed by atoms with E-state index in [1.165, 1.54) is 0 Å². The van der Waals surface area contributed by atoms with Crippen LogP contribution in [0.15, 0.2) is 12.7 Å². The van der Waals surface area contributed by atoms with E-state index < -0.39 is 12.1 Å². The van der Waals surface area contributed by atoms with Gasteiger partial charge in [0.25, 0.3) is 5.92 Å². The van der Waals surface area contributed by atoms with Crippen LogP contribution >= 0.6 is 0 Å². The van der Waals surface area contributed by atoms with Crippen molar-refractivity contribution in [3.63, 3.8) is 0 Å². The molecule has 0 saturated carbocycles. The number of hydrogen-bond acceptors (Lipinski definition) is 0. The van der Waals surface area contributed by atoms with Crippen LogP contribution < -0.4 is 0 Å². The fourth-order valence-corrected chi connectivity index (χ4v) is 0.574. The van der Waals surface area contributed by atoms with Gasteiger partial charge >= 0.3 is 0 Å². The normalized spacial score (nSPS) is 14.8. The third kappa shape index (κ3) is 2.42. The molecule has 0 aliphatic heterocycles. The number of allylic oxidation sites excluding steroid dienone is 1. The molecule has 0 amide bonds. The Kier molecular flexibility index (Phi) is 3.47. The summed E-state index contributed by atoms with van der Waals surface area (Å²) in [5.74, 6) is -3.35. The molecule has 0 spiro atoms. The highest BCUT2D eigenvalue weighted by atomic mass is 19.3. The molecule has 0 radical (unpaired) electrons. The van der Waals surface area contributed by atoms with Crippen molar-refractivity contribution >= 4 is 0 Å². The summed E-state index contributed by atoms with van der Waals surface area (Å²) in [7, 11) is 0. The lowest BCUT2D eigenvalue weighted by Gasteiger charge is -2.15. The van der Waals surface area contributed by atoms with Gasteiger partial charge in [0, 0.05) is 0 Å². The van der Waals surface area contributed by atoms with Gasteiger partial charge < -0.3 is 0 Å². The van der Waals surface area contributed by atoms with E-state index in [0.717, 1.165) is 0 Å². The number of rotatable bonds is 4. The molecule has 0 aromatic rings. The Labute approximate surface area is 58.7 Å². The molecule has 0 heterocycles. The van der Waals surface area contributed by atoms with Crippen molar-refractivity contribution in [1.82, 2.24) is 0 Å². The van der Waals surface area contributed by atoms with Crippen molar-refractivity contribution in [3.05, 3.63) is 12.7 Å². The third-order valence-corrected chi connectivity index (χ3v) is 1.23. The summed E-state index contributed by atoms with van der Waals surface area (Å²) in [5, 5.41) is 0. The minimum atomic E-state index is -3.35. The van der Waals surface area contributed by atoms with Crippen LogP contribution in [0.2, 0.25) is 0 Å². The SMILES string of the molecule is C=CC(F)(F)C(F)CCC. The molecule has 0 N–H and O–H groups in total. The maximum atomic E-state index is 12.4. The molecular formula is C7H11F3. The van der Waals surface area contributed by atoms with Gasteiger partial charge in [0.1, 0.15) is 0 Å². The summed E-state index contributed by atoms with van der Waals surface area (Å²) in [6, 6.07) is 0. The molecule has 0 rings (SSSR count). The van der Waals surface area contributed by atoms with Crippen molar-refractivity contribution in [3.8, 4) is 0 Å². The Hall–Kier alpha value is -0.470. The first-order valence-electron chi connectivity index (χ1n) is 3.20. The zero-order chi connectivity index (χ0) is 8.20. The highest BCUT2D eigenvalue weighted by Crippen LogP contribution is 2.25. The highest BCUT2D eigenvalue weighted by Gasteiger charge is 2.35. The van der Waals surface area contributed by atoms with E-state index in [0.29, 0.717) is 12.5 Å². The molecule has 1 atom stereocenters. The van der Waals surface area contributed by atoms with Gasteiger partial charge in [-0.05, 0) is 12.5 Å². The van der Waals surface area contributed by atoms with E-state index in [1.807, 2.05) is 0 Å². The second-order valence-electron chi connectivity index (χ2n) is 2.13. The van der Waals surface area contributed by atoms with Crippen LogP contribution in [-0.2, 0) is 0 Å². The Morgan fingerprint density at radius 2 is 2.10 bits per heavy atom. The molecule has 0 aliphatic rings. The molecule has 0 aliphatic carbocycles. The van der Waals surface area contributed by atoms with Crippen LogP contribution in [0.1, 0.15) is 19.8 Å². The average molecular weight is 152 g/mol. The van der Waals surface area contributed by atoms with Gasteiger partial charge in [0.05, 0.1) is 0 Å². The van der Waals surface area contributed by atoms with Gasteiger partial charge in [-0.25, -0.2) is 4.39 Å². The first kappa shape index (κ1) is 9.53. The summed E-state index contributed by atoms with van der Waals surface area (Å²) < 4.78 is 36.8. The van der Waals surface area contributed by atoms with Crippen LogP contribution in [0.25, 0.3) is 0 Å². The van der Waals surface area contributed by atoms with E-state index in [-0.39, 0.29) is 6.42 Å². The average Bonchev–Trinajstić information content (AvgIpc) is 1.89. The smallest absolute Gasteiger partial charge is 0.240 e. The van der Waals surface area contributed by atoms with E-state index in [9.17, 15) is 13.2 Å². The lowest BCUT2D eigenvalue weighted by atomic mass is 10.1. The molecule has 0 fully saturated rings. The molecular weight excluding hydrogens is 141 g/mol. The Morgan fingerprint density at radius 1 is 1.60 bits per heavy atom. The van der Waals surface area contributed by atoms with E-state index in [4.69, 9.17) is 0 Å². The van der Waals surface area contributed by atoms with Gasteiger partial charge in [-0.3, -0.25) is 0 Å². The van der Waals surface area contributed by atoms with Crippen molar-refractivity contribution in [2.45, 2.75) is 31.9 Å². The largest absolute Gasteiger partial charge is 0.296 e. The monoisotopic (exact) mass is 152 g/mol. The Balaban J connectivity index is 3.90. The molecule has 3 heteroatoms. The summed E-state index contributed by atoms with van der Waals surface area (Å²) >= 11 is 0. The summed E-state index contributed by atoms with van der Waals surface area (Å²) in [5.41, 5.74) is 0. The maximum absolute atomic E-state index is 12.4. The maximum Gasteiger partial charge on any atom is 0.296 e. The van der Waals surface area contributed by atoms with Crippen molar-refractivity contribution < 1.29 is 13.2 Å². The van der Waals surface area contributed by atoms with Crippen molar-refractivity contribution in [2.75, 3.05) is 0 Å². The Bertz CT molecular complexity index is 109. The third-order valence-electron chi connectivity index (χ3n) is 1.23. The fraction of sp³-hybridized carbons (Fsp3) is 0.714. The highest BCUT2D eigenvalue weighted by molar-refractivity contribution is 4.92. The summed E-state index contributed by atoms with van der Waals surface area (Å²) in [4.78, 5) is 0. The van der Waals surface area contributed by atoms with Crippen molar-refractivity contribution in [2.24, 2.45) is 0 Å².